The van der Waals surface area contributed by atoms with Gasteiger partial charge in [0.2, 0.25) is 0 Å². The lowest BCUT2D eigenvalue weighted by Gasteiger charge is -2.08. The minimum absolute atomic E-state index is 0.753. The molecule has 0 fully saturated rings. The molecule has 0 radical (unpaired) electrons. The fraction of sp³-hybridized carbons (Fsp3) is 0.167. The molecule has 3 aromatic rings. The van der Waals surface area contributed by atoms with Crippen molar-refractivity contribution in [3.63, 3.8) is 0 Å². The van der Waals surface area contributed by atoms with Gasteiger partial charge in [-0.05, 0) is 31.5 Å². The summed E-state index contributed by atoms with van der Waals surface area (Å²) in [6.07, 6.45) is 1.89. The predicted octanol–water partition coefficient (Wildman–Crippen LogP) is 4.31. The van der Waals surface area contributed by atoms with Crippen LogP contribution in [0, 0.1) is 13.8 Å². The second-order valence-corrected chi connectivity index (χ2v) is 5.36. The van der Waals surface area contributed by atoms with Gasteiger partial charge in [0.05, 0.1) is 11.9 Å². The van der Waals surface area contributed by atoms with Crippen LogP contribution < -0.4 is 5.32 Å². The summed E-state index contributed by atoms with van der Waals surface area (Å²) in [4.78, 5) is 0. The van der Waals surface area contributed by atoms with Crippen molar-refractivity contribution in [2.24, 2.45) is 0 Å². The highest BCUT2D eigenvalue weighted by molar-refractivity contribution is 5.63. The van der Waals surface area contributed by atoms with E-state index in [0.29, 0.717) is 0 Å². The maximum absolute atomic E-state index is 4.18. The van der Waals surface area contributed by atoms with Gasteiger partial charge in [0.1, 0.15) is 0 Å². The average Bonchev–Trinajstić information content (AvgIpc) is 2.96. The van der Waals surface area contributed by atoms with E-state index >= 15 is 0 Å². The van der Waals surface area contributed by atoms with E-state index in [0.717, 1.165) is 17.9 Å². The molecule has 0 aliphatic heterocycles. The summed E-state index contributed by atoms with van der Waals surface area (Å²) in [5, 5.41) is 10.7. The molecule has 3 rings (SSSR count). The molecule has 21 heavy (non-hydrogen) atoms. The molecule has 2 N–H and O–H groups in total. The fourth-order valence-corrected chi connectivity index (χ4v) is 2.28. The molecule has 3 nitrogen and oxygen atoms in total. The van der Waals surface area contributed by atoms with E-state index in [9.17, 15) is 0 Å². The molecule has 106 valence electrons. The third kappa shape index (κ3) is 3.14. The molecule has 0 aliphatic carbocycles. The molecule has 1 heterocycles. The van der Waals surface area contributed by atoms with Gasteiger partial charge in [-0.25, -0.2) is 0 Å². The smallest absolute Gasteiger partial charge is 0.0700 e. The van der Waals surface area contributed by atoms with Crippen LogP contribution in [-0.4, -0.2) is 10.2 Å². The molecular weight excluding hydrogens is 258 g/mol. The Bertz CT molecular complexity index is 709. The molecule has 0 aliphatic rings. The zero-order chi connectivity index (χ0) is 14.7. The van der Waals surface area contributed by atoms with Crippen LogP contribution in [0.2, 0.25) is 0 Å². The van der Waals surface area contributed by atoms with E-state index in [1.165, 1.54) is 22.3 Å². The molecule has 2 aromatic carbocycles. The number of aromatic amines is 1. The van der Waals surface area contributed by atoms with Gasteiger partial charge in [-0.1, -0.05) is 47.5 Å². The van der Waals surface area contributed by atoms with Crippen LogP contribution in [0.15, 0.2) is 54.7 Å². The Morgan fingerprint density at radius 1 is 0.905 bits per heavy atom. The summed E-state index contributed by atoms with van der Waals surface area (Å²) >= 11 is 0. The van der Waals surface area contributed by atoms with E-state index < -0.39 is 0 Å². The second-order valence-electron chi connectivity index (χ2n) is 5.36. The zero-order valence-electron chi connectivity index (χ0n) is 12.4. The normalized spacial score (nSPS) is 10.6. The van der Waals surface area contributed by atoms with Gasteiger partial charge in [0.25, 0.3) is 0 Å². The van der Waals surface area contributed by atoms with Crippen molar-refractivity contribution in [1.82, 2.24) is 10.2 Å². The fourth-order valence-electron chi connectivity index (χ4n) is 2.28. The standard InChI is InChI=1S/C18H19N3/c1-13-3-7-15(8-4-13)18-16(12-20-21-18)11-19-17-9-5-14(2)6-10-17/h3-10,12,19H,11H2,1-2H3,(H,20,21). The monoisotopic (exact) mass is 277 g/mol. The summed E-state index contributed by atoms with van der Waals surface area (Å²) in [6.45, 7) is 4.94. The number of anilines is 1. The van der Waals surface area contributed by atoms with Crippen molar-refractivity contribution in [3.8, 4) is 11.3 Å². The number of aromatic nitrogens is 2. The molecule has 3 heteroatoms. The number of benzene rings is 2. The van der Waals surface area contributed by atoms with Crippen LogP contribution in [0.5, 0.6) is 0 Å². The predicted molar refractivity (Wildman–Crippen MR) is 87.3 cm³/mol. The molecule has 0 spiro atoms. The van der Waals surface area contributed by atoms with E-state index in [2.05, 4.69) is 77.9 Å². The molecule has 0 atom stereocenters. The molecule has 0 amide bonds. The summed E-state index contributed by atoms with van der Waals surface area (Å²) in [5.74, 6) is 0. The first-order valence-electron chi connectivity index (χ1n) is 7.12. The first-order valence-corrected chi connectivity index (χ1v) is 7.12. The minimum atomic E-state index is 0.753. The molecular formula is C18H19N3. The Morgan fingerprint density at radius 2 is 1.52 bits per heavy atom. The molecule has 1 aromatic heterocycles. The topological polar surface area (TPSA) is 40.7 Å². The zero-order valence-corrected chi connectivity index (χ0v) is 12.4. The first kappa shape index (κ1) is 13.4. The largest absolute Gasteiger partial charge is 0.381 e. The van der Waals surface area contributed by atoms with Gasteiger partial charge in [-0.2, -0.15) is 5.10 Å². The number of aryl methyl sites for hydroxylation is 2. The van der Waals surface area contributed by atoms with Gasteiger partial charge in [0.15, 0.2) is 0 Å². The molecule has 0 saturated heterocycles. The number of nitrogens with one attached hydrogen (secondary N) is 2. The number of hydrogen-bond acceptors (Lipinski definition) is 2. The quantitative estimate of drug-likeness (QED) is 0.746. The third-order valence-corrected chi connectivity index (χ3v) is 3.59. The summed E-state index contributed by atoms with van der Waals surface area (Å²) in [6, 6.07) is 16.9. The lowest BCUT2D eigenvalue weighted by atomic mass is 10.1. The lowest BCUT2D eigenvalue weighted by Crippen LogP contribution is -1.99. The number of nitrogens with zero attached hydrogens (tertiary/aromatic N) is 1. The Balaban J connectivity index is 1.76. The van der Waals surface area contributed by atoms with E-state index in [1.54, 1.807) is 0 Å². The Morgan fingerprint density at radius 3 is 2.19 bits per heavy atom. The number of H-pyrrole nitrogens is 1. The van der Waals surface area contributed by atoms with Crippen molar-refractivity contribution in [2.75, 3.05) is 5.32 Å². The van der Waals surface area contributed by atoms with Crippen molar-refractivity contribution >= 4 is 5.69 Å². The SMILES string of the molecule is Cc1ccc(NCc2cn[nH]c2-c2ccc(C)cc2)cc1. The number of hydrogen-bond donors (Lipinski definition) is 2. The van der Waals surface area contributed by atoms with E-state index in [4.69, 9.17) is 0 Å². The average molecular weight is 277 g/mol. The highest BCUT2D eigenvalue weighted by Gasteiger charge is 2.07. The van der Waals surface area contributed by atoms with Gasteiger partial charge in [0, 0.05) is 17.8 Å². The summed E-state index contributed by atoms with van der Waals surface area (Å²) in [5.41, 5.74) is 7.06. The van der Waals surface area contributed by atoms with Crippen LogP contribution in [0.4, 0.5) is 5.69 Å². The number of rotatable bonds is 4. The lowest BCUT2D eigenvalue weighted by molar-refractivity contribution is 1.09. The maximum atomic E-state index is 4.18. The molecule has 0 bridgehead atoms. The van der Waals surface area contributed by atoms with Crippen LogP contribution >= 0.6 is 0 Å². The maximum Gasteiger partial charge on any atom is 0.0700 e. The van der Waals surface area contributed by atoms with Crippen LogP contribution in [0.25, 0.3) is 11.3 Å². The second kappa shape index (κ2) is 5.83. The van der Waals surface area contributed by atoms with Gasteiger partial charge in [-0.3, -0.25) is 5.10 Å². The van der Waals surface area contributed by atoms with E-state index in [1.807, 2.05) is 6.20 Å². The molecule has 0 unspecified atom stereocenters. The van der Waals surface area contributed by atoms with E-state index in [-0.39, 0.29) is 0 Å². The summed E-state index contributed by atoms with van der Waals surface area (Å²) in [7, 11) is 0. The van der Waals surface area contributed by atoms with Crippen molar-refractivity contribution in [3.05, 3.63) is 71.4 Å². The van der Waals surface area contributed by atoms with Crippen molar-refractivity contribution < 1.29 is 0 Å². The Labute approximate surface area is 125 Å². The highest BCUT2D eigenvalue weighted by atomic mass is 15.1. The van der Waals surface area contributed by atoms with Crippen molar-refractivity contribution in [2.45, 2.75) is 20.4 Å². The van der Waals surface area contributed by atoms with Gasteiger partial charge < -0.3 is 5.32 Å². The minimum Gasteiger partial charge on any atom is -0.381 e. The molecule has 0 saturated carbocycles. The first-order chi connectivity index (χ1) is 10.2. The third-order valence-electron chi connectivity index (χ3n) is 3.59. The van der Waals surface area contributed by atoms with Crippen LogP contribution in [-0.2, 0) is 6.54 Å². The van der Waals surface area contributed by atoms with Gasteiger partial charge >= 0.3 is 0 Å². The Kier molecular flexibility index (Phi) is 3.73. The van der Waals surface area contributed by atoms with Crippen LogP contribution in [0.3, 0.4) is 0 Å². The Hall–Kier alpha value is -2.55. The summed E-state index contributed by atoms with van der Waals surface area (Å²) < 4.78 is 0. The van der Waals surface area contributed by atoms with Gasteiger partial charge in [-0.15, -0.1) is 0 Å². The van der Waals surface area contributed by atoms with Crippen molar-refractivity contribution in [1.29, 1.82) is 0 Å². The highest BCUT2D eigenvalue weighted by Crippen LogP contribution is 2.22. The van der Waals surface area contributed by atoms with Crippen LogP contribution in [0.1, 0.15) is 16.7 Å².